The highest BCUT2D eigenvalue weighted by Gasteiger charge is 2.28. The van der Waals surface area contributed by atoms with Crippen molar-refractivity contribution in [1.82, 2.24) is 10.3 Å². The van der Waals surface area contributed by atoms with Gasteiger partial charge in [-0.15, -0.1) is 0 Å². The lowest BCUT2D eigenvalue weighted by molar-refractivity contribution is -0.129. The Kier molecular flexibility index (Phi) is 4.27. The molecule has 23 heavy (non-hydrogen) atoms. The van der Waals surface area contributed by atoms with E-state index in [1.807, 2.05) is 26.8 Å². The molecule has 1 atom stereocenters. The lowest BCUT2D eigenvalue weighted by atomic mass is 9.94. The molecule has 0 saturated carbocycles. The van der Waals surface area contributed by atoms with E-state index in [1.165, 1.54) is 17.4 Å². The van der Waals surface area contributed by atoms with E-state index in [9.17, 15) is 9.18 Å². The first-order chi connectivity index (χ1) is 10.8. The third-order valence-electron chi connectivity index (χ3n) is 4.07. The number of anilines is 1. The number of amides is 1. The van der Waals surface area contributed by atoms with Gasteiger partial charge in [-0.25, -0.2) is 9.37 Å². The van der Waals surface area contributed by atoms with E-state index in [4.69, 9.17) is 0 Å². The number of hydrogen-bond acceptors (Lipinski definition) is 4. The second-order valence-electron chi connectivity index (χ2n) is 7.09. The predicted molar refractivity (Wildman–Crippen MR) is 92.4 cm³/mol. The zero-order valence-corrected chi connectivity index (χ0v) is 14.5. The molecule has 1 unspecified atom stereocenters. The van der Waals surface area contributed by atoms with Crippen LogP contribution in [0.15, 0.2) is 18.2 Å². The largest absolute Gasteiger partial charge is 0.351 e. The van der Waals surface area contributed by atoms with Crippen LogP contribution >= 0.6 is 11.3 Å². The van der Waals surface area contributed by atoms with Crippen molar-refractivity contribution in [3.05, 3.63) is 24.0 Å². The molecule has 1 aromatic carbocycles. The lowest BCUT2D eigenvalue weighted by Gasteiger charge is -2.34. The van der Waals surface area contributed by atoms with Gasteiger partial charge < -0.3 is 10.2 Å². The normalized spacial score (nSPS) is 19.1. The molecule has 1 fully saturated rings. The molecule has 1 saturated heterocycles. The third kappa shape index (κ3) is 3.47. The van der Waals surface area contributed by atoms with E-state index in [0.717, 1.165) is 35.8 Å². The Morgan fingerprint density at radius 1 is 1.43 bits per heavy atom. The van der Waals surface area contributed by atoms with Gasteiger partial charge in [-0.3, -0.25) is 4.79 Å². The number of piperidine rings is 1. The lowest BCUT2D eigenvalue weighted by Crippen LogP contribution is -2.50. The minimum atomic E-state index is -0.388. The average Bonchev–Trinajstić information content (AvgIpc) is 2.92. The van der Waals surface area contributed by atoms with Gasteiger partial charge in [0.1, 0.15) is 11.3 Å². The summed E-state index contributed by atoms with van der Waals surface area (Å²) in [6, 6.07) is 5.16. The highest BCUT2D eigenvalue weighted by Crippen LogP contribution is 2.31. The number of carbonyl (C=O) groups is 1. The van der Waals surface area contributed by atoms with Crippen molar-refractivity contribution in [3.63, 3.8) is 0 Å². The van der Waals surface area contributed by atoms with Gasteiger partial charge in [-0.2, -0.15) is 0 Å². The molecule has 0 radical (unpaired) electrons. The van der Waals surface area contributed by atoms with Crippen LogP contribution in [0, 0.1) is 11.2 Å². The fraction of sp³-hybridized carbons (Fsp3) is 0.529. The van der Waals surface area contributed by atoms with E-state index in [-0.39, 0.29) is 23.2 Å². The number of hydrogen-bond donors (Lipinski definition) is 1. The highest BCUT2D eigenvalue weighted by molar-refractivity contribution is 7.22. The molecular weight excluding hydrogens is 313 g/mol. The molecular formula is C17H22FN3OS. The van der Waals surface area contributed by atoms with Crippen LogP contribution in [0.5, 0.6) is 0 Å². The number of aromatic nitrogens is 1. The fourth-order valence-corrected chi connectivity index (χ4v) is 3.72. The molecule has 1 amide bonds. The summed E-state index contributed by atoms with van der Waals surface area (Å²) in [6.07, 6.45) is 1.96. The maximum atomic E-state index is 13.8. The minimum absolute atomic E-state index is 0.0692. The summed E-state index contributed by atoms with van der Waals surface area (Å²) >= 11 is 1.51. The number of benzene rings is 1. The van der Waals surface area contributed by atoms with E-state index < -0.39 is 0 Å². The molecule has 3 rings (SSSR count). The molecule has 1 aromatic heterocycles. The number of carbonyl (C=O) groups excluding carboxylic acids is 1. The van der Waals surface area contributed by atoms with Gasteiger partial charge in [-0.05, 0) is 25.0 Å². The monoisotopic (exact) mass is 335 g/mol. The molecule has 0 bridgehead atoms. The Morgan fingerprint density at radius 2 is 2.22 bits per heavy atom. The molecule has 2 aromatic rings. The molecule has 0 spiro atoms. The topological polar surface area (TPSA) is 45.2 Å². The summed E-state index contributed by atoms with van der Waals surface area (Å²) in [5, 5.41) is 3.96. The maximum absolute atomic E-state index is 13.8. The van der Waals surface area contributed by atoms with Crippen molar-refractivity contribution < 1.29 is 9.18 Å². The van der Waals surface area contributed by atoms with Crippen LogP contribution < -0.4 is 10.2 Å². The van der Waals surface area contributed by atoms with E-state index >= 15 is 0 Å². The number of thiazole rings is 1. The van der Waals surface area contributed by atoms with Gasteiger partial charge in [0.2, 0.25) is 5.91 Å². The van der Waals surface area contributed by atoms with Gasteiger partial charge in [0.15, 0.2) is 5.13 Å². The molecule has 1 aliphatic heterocycles. The van der Waals surface area contributed by atoms with Crippen LogP contribution in [0.4, 0.5) is 9.52 Å². The van der Waals surface area contributed by atoms with Crippen molar-refractivity contribution >= 4 is 32.6 Å². The predicted octanol–water partition coefficient (Wildman–Crippen LogP) is 3.57. The van der Waals surface area contributed by atoms with Crippen molar-refractivity contribution in [2.45, 2.75) is 39.7 Å². The number of nitrogens with one attached hydrogen (secondary N) is 1. The van der Waals surface area contributed by atoms with Gasteiger partial charge in [0.25, 0.3) is 0 Å². The minimum Gasteiger partial charge on any atom is -0.351 e. The van der Waals surface area contributed by atoms with Crippen LogP contribution in [0.1, 0.15) is 33.6 Å². The number of para-hydroxylation sites is 1. The number of halogens is 1. The summed E-state index contributed by atoms with van der Waals surface area (Å²) in [5.41, 5.74) is 0.0507. The Morgan fingerprint density at radius 3 is 2.91 bits per heavy atom. The Bertz CT molecular complexity index is 722. The zero-order valence-electron chi connectivity index (χ0n) is 13.7. The second kappa shape index (κ2) is 6.07. The van der Waals surface area contributed by atoms with Gasteiger partial charge in [0.05, 0.1) is 4.70 Å². The van der Waals surface area contributed by atoms with Gasteiger partial charge in [0, 0.05) is 24.5 Å². The quantitative estimate of drug-likeness (QED) is 0.912. The van der Waals surface area contributed by atoms with E-state index in [2.05, 4.69) is 15.2 Å². The van der Waals surface area contributed by atoms with Crippen LogP contribution in [-0.4, -0.2) is 30.0 Å². The van der Waals surface area contributed by atoms with Crippen LogP contribution in [0.3, 0.4) is 0 Å². The first-order valence-corrected chi connectivity index (χ1v) is 8.77. The maximum Gasteiger partial charge on any atom is 0.225 e. The third-order valence-corrected chi connectivity index (χ3v) is 5.15. The summed E-state index contributed by atoms with van der Waals surface area (Å²) in [7, 11) is 0. The fourth-order valence-electron chi connectivity index (χ4n) is 2.71. The summed E-state index contributed by atoms with van der Waals surface area (Å²) in [5.74, 6) is -0.209. The summed E-state index contributed by atoms with van der Waals surface area (Å²) in [4.78, 5) is 18.8. The Balaban J connectivity index is 1.75. The number of nitrogens with zero attached hydrogens (tertiary/aromatic N) is 2. The van der Waals surface area contributed by atoms with Crippen molar-refractivity contribution in [1.29, 1.82) is 0 Å². The molecule has 124 valence electrons. The van der Waals surface area contributed by atoms with E-state index in [0.29, 0.717) is 5.52 Å². The highest BCUT2D eigenvalue weighted by atomic mass is 32.1. The SMILES string of the molecule is CC(C)(C)C(=O)NC1CCCN(c2nc3c(F)cccc3s2)C1. The second-order valence-corrected chi connectivity index (χ2v) is 8.10. The first-order valence-electron chi connectivity index (χ1n) is 7.95. The molecule has 1 N–H and O–H groups in total. The van der Waals surface area contributed by atoms with Crippen LogP contribution in [-0.2, 0) is 4.79 Å². The molecule has 1 aliphatic rings. The molecule has 6 heteroatoms. The van der Waals surface area contributed by atoms with Gasteiger partial charge >= 0.3 is 0 Å². The zero-order chi connectivity index (χ0) is 16.6. The standard InChI is InChI=1S/C17H22FN3OS/c1-17(2,3)15(22)19-11-6-5-9-21(10-11)16-20-14-12(18)7-4-8-13(14)23-16/h4,7-8,11H,5-6,9-10H2,1-3H3,(H,19,22). The van der Waals surface area contributed by atoms with Crippen LogP contribution in [0.25, 0.3) is 10.2 Å². The van der Waals surface area contributed by atoms with Crippen molar-refractivity contribution in [3.8, 4) is 0 Å². The molecule has 2 heterocycles. The first kappa shape index (κ1) is 16.2. The summed E-state index contributed by atoms with van der Waals surface area (Å²) < 4.78 is 14.7. The van der Waals surface area contributed by atoms with Crippen LogP contribution in [0.2, 0.25) is 0 Å². The Hall–Kier alpha value is -1.69. The van der Waals surface area contributed by atoms with E-state index in [1.54, 1.807) is 6.07 Å². The molecule has 0 aliphatic carbocycles. The van der Waals surface area contributed by atoms with Crippen molar-refractivity contribution in [2.75, 3.05) is 18.0 Å². The molecule has 4 nitrogen and oxygen atoms in total. The van der Waals surface area contributed by atoms with Gasteiger partial charge in [-0.1, -0.05) is 38.2 Å². The van der Waals surface area contributed by atoms with Crippen molar-refractivity contribution in [2.24, 2.45) is 5.41 Å². The summed E-state index contributed by atoms with van der Waals surface area (Å²) in [6.45, 7) is 7.37. The number of fused-ring (bicyclic) bond motifs is 1. The smallest absolute Gasteiger partial charge is 0.225 e. The Labute approximate surface area is 139 Å². The average molecular weight is 335 g/mol. The number of rotatable bonds is 2.